The molecule has 238 valence electrons. The van der Waals surface area contributed by atoms with Crippen LogP contribution in [-0.4, -0.2) is 0 Å². The number of rotatable bonds is 5. The highest BCUT2D eigenvalue weighted by Crippen LogP contribution is 2.51. The molecule has 1 heterocycles. The van der Waals surface area contributed by atoms with Crippen LogP contribution in [0.3, 0.4) is 0 Å². The Morgan fingerprint density at radius 1 is 0.275 bits per heavy atom. The van der Waals surface area contributed by atoms with E-state index in [-0.39, 0.29) is 0 Å². The lowest BCUT2D eigenvalue weighted by molar-refractivity contribution is 1.64. The highest BCUT2D eigenvalue weighted by atomic mass is 32.1. The Labute approximate surface area is 301 Å². The molecule has 51 heavy (non-hydrogen) atoms. The molecule has 1 heteroatoms. The first-order valence-corrected chi connectivity index (χ1v) is 18.4. The van der Waals surface area contributed by atoms with Gasteiger partial charge in [0.1, 0.15) is 0 Å². The molecule has 9 aromatic carbocycles. The number of hydrogen-bond acceptors (Lipinski definition) is 1. The van der Waals surface area contributed by atoms with E-state index in [1.165, 1.54) is 98.0 Å². The van der Waals surface area contributed by atoms with Gasteiger partial charge >= 0.3 is 0 Å². The Hall–Kier alpha value is -6.28. The number of fused-ring (bicyclic) bond motifs is 5. The lowest BCUT2D eigenvalue weighted by atomic mass is 9.83. The Balaban J connectivity index is 1.37. The van der Waals surface area contributed by atoms with E-state index in [1.807, 2.05) is 11.3 Å². The molecule has 0 atom stereocenters. The van der Waals surface area contributed by atoms with Crippen LogP contribution in [-0.2, 0) is 0 Å². The summed E-state index contributed by atoms with van der Waals surface area (Å²) in [6.45, 7) is 0. The van der Waals surface area contributed by atoms with E-state index < -0.39 is 0 Å². The van der Waals surface area contributed by atoms with Gasteiger partial charge < -0.3 is 0 Å². The predicted molar refractivity (Wildman–Crippen MR) is 222 cm³/mol. The van der Waals surface area contributed by atoms with Crippen LogP contribution in [0.1, 0.15) is 0 Å². The molecule has 0 bridgehead atoms. The fraction of sp³-hybridized carbons (Fsp3) is 0. The zero-order valence-electron chi connectivity index (χ0n) is 27.9. The number of hydrogen-bond donors (Lipinski definition) is 0. The molecule has 0 aliphatic carbocycles. The molecule has 0 fully saturated rings. The fourth-order valence-electron chi connectivity index (χ4n) is 8.15. The van der Waals surface area contributed by atoms with Gasteiger partial charge in [-0.2, -0.15) is 0 Å². The smallest absolute Gasteiger partial charge is 0.0440 e. The first-order chi connectivity index (χ1) is 25.3. The summed E-state index contributed by atoms with van der Waals surface area (Å²) in [5, 5.41) is 11.3. The summed E-state index contributed by atoms with van der Waals surface area (Å²) in [5.74, 6) is 0. The first-order valence-electron chi connectivity index (χ1n) is 17.5. The standard InChI is InChI=1S/C50H32S/c1-5-17-33(18-6-1)44-32-51-50-48(36-23-11-4-12-24-36)47(40-27-15-16-28-41(40)49(44)50)37-29-30-42-43(31-37)46(35-21-9-3-10-22-35)39-26-14-13-25-38(39)45(42)34-19-7-2-8-20-34/h1-32H. The van der Waals surface area contributed by atoms with Gasteiger partial charge in [-0.25, -0.2) is 0 Å². The second-order valence-electron chi connectivity index (χ2n) is 13.2. The fourth-order valence-corrected chi connectivity index (χ4v) is 9.32. The van der Waals surface area contributed by atoms with Crippen molar-refractivity contribution in [2.24, 2.45) is 0 Å². The van der Waals surface area contributed by atoms with Crippen molar-refractivity contribution < 1.29 is 0 Å². The van der Waals surface area contributed by atoms with E-state index in [4.69, 9.17) is 0 Å². The molecule has 10 rings (SSSR count). The maximum Gasteiger partial charge on any atom is 0.0440 e. The molecule has 0 aliphatic rings. The van der Waals surface area contributed by atoms with Gasteiger partial charge in [0.2, 0.25) is 0 Å². The Morgan fingerprint density at radius 2 is 0.686 bits per heavy atom. The van der Waals surface area contributed by atoms with Crippen molar-refractivity contribution in [3.05, 3.63) is 193 Å². The number of benzene rings is 9. The summed E-state index contributed by atoms with van der Waals surface area (Å²) < 4.78 is 1.32. The van der Waals surface area contributed by atoms with Crippen molar-refractivity contribution in [1.29, 1.82) is 0 Å². The molecular weight excluding hydrogens is 633 g/mol. The van der Waals surface area contributed by atoms with Gasteiger partial charge in [0.15, 0.2) is 0 Å². The maximum absolute atomic E-state index is 2.47. The lowest BCUT2D eigenvalue weighted by Gasteiger charge is -2.21. The zero-order valence-corrected chi connectivity index (χ0v) is 28.7. The van der Waals surface area contributed by atoms with Crippen LogP contribution in [0.25, 0.3) is 98.0 Å². The molecule has 1 aromatic heterocycles. The highest BCUT2D eigenvalue weighted by molar-refractivity contribution is 7.18. The van der Waals surface area contributed by atoms with Crippen LogP contribution >= 0.6 is 11.3 Å². The Kier molecular flexibility index (Phi) is 7.11. The van der Waals surface area contributed by atoms with Gasteiger partial charge in [-0.05, 0) is 88.3 Å². The second-order valence-corrected chi connectivity index (χ2v) is 14.0. The van der Waals surface area contributed by atoms with Crippen LogP contribution in [0.4, 0.5) is 0 Å². The van der Waals surface area contributed by atoms with Crippen molar-refractivity contribution in [1.82, 2.24) is 0 Å². The monoisotopic (exact) mass is 664 g/mol. The highest BCUT2D eigenvalue weighted by Gasteiger charge is 2.23. The van der Waals surface area contributed by atoms with E-state index in [9.17, 15) is 0 Å². The van der Waals surface area contributed by atoms with Gasteiger partial charge in [-0.15, -0.1) is 11.3 Å². The van der Waals surface area contributed by atoms with Gasteiger partial charge in [-0.1, -0.05) is 182 Å². The Bertz CT molecular complexity index is 2870. The van der Waals surface area contributed by atoms with Gasteiger partial charge in [-0.3, -0.25) is 0 Å². The second kappa shape index (κ2) is 12.2. The van der Waals surface area contributed by atoms with Crippen LogP contribution in [0.2, 0.25) is 0 Å². The third-order valence-corrected chi connectivity index (χ3v) is 11.3. The number of thiophene rings is 1. The zero-order chi connectivity index (χ0) is 33.7. The molecule has 10 aromatic rings. The van der Waals surface area contributed by atoms with Crippen molar-refractivity contribution in [3.8, 4) is 55.6 Å². The summed E-state index contributed by atoms with van der Waals surface area (Å²) in [5.41, 5.74) is 12.6. The quantitative estimate of drug-likeness (QED) is 0.161. The topological polar surface area (TPSA) is 0 Å². The SMILES string of the molecule is c1ccc(-c2c3ccccc3c(-c3ccccc3)c3cc(-c4c(-c5ccccc5)c5scc(-c6ccccc6)c5c5ccccc45)ccc23)cc1. The largest absolute Gasteiger partial charge is 0.142 e. The average Bonchev–Trinajstić information content (AvgIpc) is 3.66. The molecule has 0 nitrogen and oxygen atoms in total. The molecule has 0 saturated carbocycles. The minimum Gasteiger partial charge on any atom is -0.142 e. The molecule has 0 amide bonds. The molecule has 0 radical (unpaired) electrons. The third-order valence-electron chi connectivity index (χ3n) is 10.3. The normalized spacial score (nSPS) is 11.5. The van der Waals surface area contributed by atoms with Gasteiger partial charge in [0.25, 0.3) is 0 Å². The van der Waals surface area contributed by atoms with Gasteiger partial charge in [0, 0.05) is 21.2 Å². The minimum absolute atomic E-state index is 1.22. The Morgan fingerprint density at radius 3 is 1.24 bits per heavy atom. The van der Waals surface area contributed by atoms with Crippen LogP contribution in [0, 0.1) is 0 Å². The van der Waals surface area contributed by atoms with Crippen molar-refractivity contribution in [3.63, 3.8) is 0 Å². The third kappa shape index (κ3) is 4.81. The summed E-state index contributed by atoms with van der Waals surface area (Å²) >= 11 is 1.86. The summed E-state index contributed by atoms with van der Waals surface area (Å²) in [6.07, 6.45) is 0. The summed E-state index contributed by atoms with van der Waals surface area (Å²) in [7, 11) is 0. The van der Waals surface area contributed by atoms with Crippen molar-refractivity contribution >= 4 is 53.7 Å². The lowest BCUT2D eigenvalue weighted by Crippen LogP contribution is -1.93. The van der Waals surface area contributed by atoms with Crippen molar-refractivity contribution in [2.75, 3.05) is 0 Å². The predicted octanol–water partition coefficient (Wildman–Crippen LogP) is 14.7. The molecule has 0 spiro atoms. The van der Waals surface area contributed by atoms with Crippen molar-refractivity contribution in [2.45, 2.75) is 0 Å². The molecular formula is C50H32S. The first kappa shape index (κ1) is 29.6. The van der Waals surface area contributed by atoms with E-state index in [1.54, 1.807) is 0 Å². The van der Waals surface area contributed by atoms with Crippen LogP contribution in [0.15, 0.2) is 193 Å². The molecule has 0 N–H and O–H groups in total. The minimum atomic E-state index is 1.22. The summed E-state index contributed by atoms with van der Waals surface area (Å²) in [6, 6.07) is 68.8. The van der Waals surface area contributed by atoms with E-state index in [0.29, 0.717) is 0 Å². The molecule has 0 unspecified atom stereocenters. The van der Waals surface area contributed by atoms with E-state index >= 15 is 0 Å². The van der Waals surface area contributed by atoms with Gasteiger partial charge in [0.05, 0.1) is 0 Å². The molecule has 0 aliphatic heterocycles. The molecule has 0 saturated heterocycles. The average molecular weight is 665 g/mol. The maximum atomic E-state index is 2.47. The van der Waals surface area contributed by atoms with Crippen LogP contribution in [0.5, 0.6) is 0 Å². The van der Waals surface area contributed by atoms with E-state index in [0.717, 1.165) is 0 Å². The summed E-state index contributed by atoms with van der Waals surface area (Å²) in [4.78, 5) is 0. The van der Waals surface area contributed by atoms with E-state index in [2.05, 4.69) is 193 Å². The van der Waals surface area contributed by atoms with Crippen LogP contribution < -0.4 is 0 Å².